The van der Waals surface area contributed by atoms with Crippen LogP contribution < -0.4 is 4.90 Å². The van der Waals surface area contributed by atoms with Crippen molar-refractivity contribution < 1.29 is 13.2 Å². The van der Waals surface area contributed by atoms with Crippen molar-refractivity contribution in [2.45, 2.75) is 56.9 Å². The third kappa shape index (κ3) is 5.64. The molecule has 1 aliphatic rings. The minimum Gasteiger partial charge on any atom is -0.309 e. The summed E-state index contributed by atoms with van der Waals surface area (Å²) >= 11 is 1.51. The molecule has 1 unspecified atom stereocenters. The zero-order valence-corrected chi connectivity index (χ0v) is 23.2. The topological polar surface area (TPSA) is 73.8 Å². The first kappa shape index (κ1) is 26.7. The number of anilines is 1. The maximum Gasteiger partial charge on any atom is 0.260 e. The molecule has 2 heterocycles. The fourth-order valence-corrected chi connectivity index (χ4v) is 7.61. The van der Waals surface area contributed by atoms with Gasteiger partial charge in [-0.3, -0.25) is 9.69 Å². The number of thiazole rings is 1. The predicted molar refractivity (Wildman–Crippen MR) is 147 cm³/mol. The van der Waals surface area contributed by atoms with Gasteiger partial charge in [-0.2, -0.15) is 4.31 Å². The molecule has 1 fully saturated rings. The first-order valence-corrected chi connectivity index (χ1v) is 14.9. The van der Waals surface area contributed by atoms with Gasteiger partial charge in [0.15, 0.2) is 5.13 Å². The average molecular weight is 529 g/mol. The highest BCUT2D eigenvalue weighted by Crippen LogP contribution is 2.32. The summed E-state index contributed by atoms with van der Waals surface area (Å²) in [5.41, 5.74) is 2.45. The fourth-order valence-electron chi connectivity index (χ4n) is 4.78. The molecular formula is C27H36N4O3S2. The average Bonchev–Trinajstić information content (AvgIpc) is 3.31. The van der Waals surface area contributed by atoms with E-state index in [0.717, 1.165) is 54.4 Å². The number of hydrogen-bond donors (Lipinski definition) is 0. The van der Waals surface area contributed by atoms with Gasteiger partial charge in [0.25, 0.3) is 5.91 Å². The van der Waals surface area contributed by atoms with Gasteiger partial charge in [0, 0.05) is 24.7 Å². The van der Waals surface area contributed by atoms with E-state index < -0.39 is 10.0 Å². The highest BCUT2D eigenvalue weighted by Gasteiger charge is 2.32. The Hall–Kier alpha value is -2.33. The van der Waals surface area contributed by atoms with Crippen LogP contribution in [0.4, 0.5) is 5.13 Å². The Labute approximate surface area is 218 Å². The monoisotopic (exact) mass is 528 g/mol. The number of nitrogens with zero attached hydrogens (tertiary/aromatic N) is 4. The van der Waals surface area contributed by atoms with Crippen molar-refractivity contribution in [2.75, 3.05) is 38.6 Å². The van der Waals surface area contributed by atoms with Crippen LogP contribution in [0.5, 0.6) is 0 Å². The van der Waals surface area contributed by atoms with Crippen LogP contribution in [0.3, 0.4) is 0 Å². The molecule has 1 atom stereocenters. The van der Waals surface area contributed by atoms with Gasteiger partial charge in [-0.25, -0.2) is 13.4 Å². The summed E-state index contributed by atoms with van der Waals surface area (Å²) in [6, 6.07) is 12.5. The van der Waals surface area contributed by atoms with Crippen molar-refractivity contribution in [1.82, 2.24) is 14.2 Å². The Kier molecular flexibility index (Phi) is 8.44. The van der Waals surface area contributed by atoms with E-state index in [1.165, 1.54) is 11.3 Å². The van der Waals surface area contributed by atoms with Crippen LogP contribution >= 0.6 is 11.3 Å². The fraction of sp³-hybridized carbons (Fsp3) is 0.481. The van der Waals surface area contributed by atoms with E-state index in [1.807, 2.05) is 46.1 Å². The van der Waals surface area contributed by atoms with Crippen LogP contribution in [0, 0.1) is 6.92 Å². The van der Waals surface area contributed by atoms with E-state index in [1.54, 1.807) is 33.5 Å². The number of rotatable bonds is 9. The Morgan fingerprint density at radius 1 is 1.11 bits per heavy atom. The number of aryl methyl sites for hydroxylation is 1. The van der Waals surface area contributed by atoms with E-state index in [0.29, 0.717) is 23.8 Å². The molecule has 194 valence electrons. The lowest BCUT2D eigenvalue weighted by atomic mass is 10.0. The molecule has 0 saturated carbocycles. The van der Waals surface area contributed by atoms with Crippen LogP contribution in [0.1, 0.15) is 54.9 Å². The number of sulfonamides is 1. The third-order valence-corrected chi connectivity index (χ3v) is 9.83. The molecule has 2 aromatic carbocycles. The van der Waals surface area contributed by atoms with Gasteiger partial charge in [0.2, 0.25) is 10.0 Å². The SMILES string of the molecule is CCC1CCCCN1S(=O)(=O)c1ccc(C(=O)N(CCCN(C)C)c2nc3c(C)cccc3s2)cc1. The minimum absolute atomic E-state index is 0.0414. The van der Waals surface area contributed by atoms with Crippen molar-refractivity contribution in [3.63, 3.8) is 0 Å². The summed E-state index contributed by atoms with van der Waals surface area (Å²) in [7, 11) is 0.432. The summed E-state index contributed by atoms with van der Waals surface area (Å²) in [5.74, 6) is -0.168. The molecule has 0 radical (unpaired) electrons. The summed E-state index contributed by atoms with van der Waals surface area (Å²) < 4.78 is 29.4. The van der Waals surface area contributed by atoms with E-state index in [2.05, 4.69) is 4.90 Å². The molecule has 0 spiro atoms. The zero-order chi connectivity index (χ0) is 25.9. The molecule has 0 aliphatic carbocycles. The molecule has 1 saturated heterocycles. The number of carbonyl (C=O) groups excluding carboxylic acids is 1. The molecule has 1 aromatic heterocycles. The lowest BCUT2D eigenvalue weighted by Gasteiger charge is -2.34. The van der Waals surface area contributed by atoms with Gasteiger partial charge in [0.05, 0.1) is 15.1 Å². The van der Waals surface area contributed by atoms with Gasteiger partial charge in [-0.15, -0.1) is 0 Å². The van der Waals surface area contributed by atoms with Gasteiger partial charge in [0.1, 0.15) is 0 Å². The first-order chi connectivity index (χ1) is 17.2. The number of fused-ring (bicyclic) bond motifs is 1. The Balaban J connectivity index is 1.61. The number of amides is 1. The molecule has 9 heteroatoms. The van der Waals surface area contributed by atoms with E-state index in [9.17, 15) is 13.2 Å². The molecule has 3 aromatic rings. The van der Waals surface area contributed by atoms with E-state index >= 15 is 0 Å². The minimum atomic E-state index is -3.59. The second-order valence-corrected chi connectivity index (χ2v) is 12.6. The molecule has 36 heavy (non-hydrogen) atoms. The highest BCUT2D eigenvalue weighted by atomic mass is 32.2. The van der Waals surface area contributed by atoms with E-state index in [-0.39, 0.29) is 16.8 Å². The summed E-state index contributed by atoms with van der Waals surface area (Å²) in [6.07, 6.45) is 4.45. The van der Waals surface area contributed by atoms with E-state index in [4.69, 9.17) is 4.98 Å². The van der Waals surface area contributed by atoms with Crippen molar-refractivity contribution in [2.24, 2.45) is 0 Å². The molecule has 1 amide bonds. The standard InChI is InChI=1S/C27H36N4O3S2/c1-5-22-11-6-7-19-31(22)36(33,34)23-15-13-21(14-16-23)26(32)30(18-9-17-29(3)4)27-28-25-20(2)10-8-12-24(25)35-27/h8,10,12-16,22H,5-7,9,11,17-19H2,1-4H3. The predicted octanol–water partition coefficient (Wildman–Crippen LogP) is 5.16. The van der Waals surface area contributed by atoms with Gasteiger partial charge in [-0.1, -0.05) is 36.8 Å². The number of hydrogen-bond acceptors (Lipinski definition) is 6. The lowest BCUT2D eigenvalue weighted by Crippen LogP contribution is -2.43. The number of benzene rings is 2. The smallest absolute Gasteiger partial charge is 0.260 e. The maximum atomic E-state index is 13.7. The number of piperidine rings is 1. The van der Waals surface area contributed by atoms with Gasteiger partial charge in [-0.05, 0) is 89.1 Å². The quantitative estimate of drug-likeness (QED) is 0.384. The maximum absolute atomic E-state index is 13.7. The molecule has 1 aliphatic heterocycles. The van der Waals surface area contributed by atoms with Crippen molar-refractivity contribution in [3.8, 4) is 0 Å². The van der Waals surface area contributed by atoms with Crippen molar-refractivity contribution >= 4 is 42.6 Å². The van der Waals surface area contributed by atoms with Crippen LogP contribution in [-0.4, -0.2) is 68.3 Å². The lowest BCUT2D eigenvalue weighted by molar-refractivity contribution is 0.0986. The van der Waals surface area contributed by atoms with Crippen molar-refractivity contribution in [3.05, 3.63) is 53.6 Å². The first-order valence-electron chi connectivity index (χ1n) is 12.7. The number of para-hydroxylation sites is 1. The largest absolute Gasteiger partial charge is 0.309 e. The normalized spacial score (nSPS) is 17.1. The zero-order valence-electron chi connectivity index (χ0n) is 21.6. The molecule has 7 nitrogen and oxygen atoms in total. The van der Waals surface area contributed by atoms with Crippen LogP contribution in [0.2, 0.25) is 0 Å². The summed E-state index contributed by atoms with van der Waals surface area (Å²) in [4.78, 5) is 22.5. The Bertz CT molecular complexity index is 1300. The molecule has 4 rings (SSSR count). The molecule has 0 bridgehead atoms. The number of carbonyl (C=O) groups is 1. The second-order valence-electron chi connectivity index (χ2n) is 9.73. The number of aromatic nitrogens is 1. The Morgan fingerprint density at radius 3 is 2.53 bits per heavy atom. The summed E-state index contributed by atoms with van der Waals surface area (Å²) in [6.45, 7) is 5.99. The Morgan fingerprint density at radius 2 is 1.86 bits per heavy atom. The second kappa shape index (κ2) is 11.4. The van der Waals surface area contributed by atoms with Crippen LogP contribution in [0.15, 0.2) is 47.4 Å². The van der Waals surface area contributed by atoms with Crippen LogP contribution in [-0.2, 0) is 10.0 Å². The summed E-state index contributed by atoms with van der Waals surface area (Å²) in [5, 5.41) is 0.666. The molecule has 0 N–H and O–H groups in total. The van der Waals surface area contributed by atoms with Crippen LogP contribution in [0.25, 0.3) is 10.2 Å². The molecular weight excluding hydrogens is 492 g/mol. The van der Waals surface area contributed by atoms with Gasteiger partial charge < -0.3 is 4.90 Å². The highest BCUT2D eigenvalue weighted by molar-refractivity contribution is 7.89. The van der Waals surface area contributed by atoms with Gasteiger partial charge >= 0.3 is 0 Å². The van der Waals surface area contributed by atoms with Crippen molar-refractivity contribution in [1.29, 1.82) is 0 Å². The third-order valence-electron chi connectivity index (χ3n) is 6.82.